The van der Waals surface area contributed by atoms with Crippen molar-refractivity contribution >= 4 is 0 Å². The maximum Gasteiger partial charge on any atom is 0.130 e. The Kier molecular flexibility index (Phi) is 4.63. The Labute approximate surface area is 112 Å². The summed E-state index contributed by atoms with van der Waals surface area (Å²) in [6.45, 7) is 3.27. The van der Waals surface area contributed by atoms with Gasteiger partial charge >= 0.3 is 0 Å². The summed E-state index contributed by atoms with van der Waals surface area (Å²) in [5.74, 6) is -0.691. The highest BCUT2D eigenvalue weighted by molar-refractivity contribution is 5.20. The zero-order chi connectivity index (χ0) is 13.7. The van der Waals surface area contributed by atoms with Gasteiger partial charge in [-0.3, -0.25) is 0 Å². The molecule has 2 aromatic carbocycles. The SMILES string of the molecule is CC(CNCc1ccc(F)cc1F)c1ccccc1. The van der Waals surface area contributed by atoms with Crippen LogP contribution in [-0.4, -0.2) is 6.54 Å². The Balaban J connectivity index is 1.86. The molecule has 1 nitrogen and oxygen atoms in total. The summed E-state index contributed by atoms with van der Waals surface area (Å²) in [7, 11) is 0. The van der Waals surface area contributed by atoms with E-state index in [9.17, 15) is 8.78 Å². The van der Waals surface area contributed by atoms with E-state index in [1.165, 1.54) is 17.7 Å². The Morgan fingerprint density at radius 2 is 1.79 bits per heavy atom. The lowest BCUT2D eigenvalue weighted by Crippen LogP contribution is -2.20. The third-order valence-electron chi connectivity index (χ3n) is 3.15. The molecule has 0 aliphatic heterocycles. The van der Waals surface area contributed by atoms with Crippen molar-refractivity contribution in [3.8, 4) is 0 Å². The molecule has 100 valence electrons. The first kappa shape index (κ1) is 13.7. The fourth-order valence-corrected chi connectivity index (χ4v) is 1.99. The normalized spacial score (nSPS) is 12.4. The predicted molar refractivity (Wildman–Crippen MR) is 72.9 cm³/mol. The molecular formula is C16H17F2N. The van der Waals surface area contributed by atoms with Crippen molar-refractivity contribution in [2.75, 3.05) is 6.54 Å². The molecule has 0 saturated carbocycles. The second-order valence-corrected chi connectivity index (χ2v) is 4.68. The minimum atomic E-state index is -0.543. The van der Waals surface area contributed by atoms with Gasteiger partial charge in [0, 0.05) is 24.7 Å². The van der Waals surface area contributed by atoms with E-state index in [1.54, 1.807) is 0 Å². The third kappa shape index (κ3) is 3.86. The van der Waals surface area contributed by atoms with Crippen molar-refractivity contribution in [3.05, 3.63) is 71.3 Å². The highest BCUT2D eigenvalue weighted by Crippen LogP contribution is 2.14. The fourth-order valence-electron chi connectivity index (χ4n) is 1.99. The van der Waals surface area contributed by atoms with E-state index >= 15 is 0 Å². The lowest BCUT2D eigenvalue weighted by Gasteiger charge is -2.13. The summed E-state index contributed by atoms with van der Waals surface area (Å²) in [5.41, 5.74) is 1.73. The number of nitrogens with one attached hydrogen (secondary N) is 1. The molecule has 1 atom stereocenters. The maximum atomic E-state index is 13.4. The van der Waals surface area contributed by atoms with E-state index in [4.69, 9.17) is 0 Å². The van der Waals surface area contributed by atoms with Crippen molar-refractivity contribution < 1.29 is 8.78 Å². The Bertz CT molecular complexity index is 526. The molecule has 0 heterocycles. The molecule has 0 radical (unpaired) electrons. The van der Waals surface area contributed by atoms with Crippen LogP contribution in [0.15, 0.2) is 48.5 Å². The van der Waals surface area contributed by atoms with Gasteiger partial charge in [0.25, 0.3) is 0 Å². The second kappa shape index (κ2) is 6.43. The molecule has 0 amide bonds. The molecule has 0 fully saturated rings. The largest absolute Gasteiger partial charge is 0.312 e. The van der Waals surface area contributed by atoms with E-state index in [1.807, 2.05) is 18.2 Å². The first-order valence-corrected chi connectivity index (χ1v) is 6.36. The van der Waals surface area contributed by atoms with Gasteiger partial charge in [-0.1, -0.05) is 43.3 Å². The standard InChI is InChI=1S/C16H17F2N/c1-12(13-5-3-2-4-6-13)10-19-11-14-7-8-15(17)9-16(14)18/h2-9,12,19H,10-11H2,1H3. The van der Waals surface area contributed by atoms with Crippen molar-refractivity contribution in [2.24, 2.45) is 0 Å². The Morgan fingerprint density at radius 3 is 2.47 bits per heavy atom. The van der Waals surface area contributed by atoms with Gasteiger partial charge < -0.3 is 5.32 Å². The van der Waals surface area contributed by atoms with Crippen LogP contribution in [0.1, 0.15) is 24.0 Å². The van der Waals surface area contributed by atoms with Gasteiger partial charge in [0.1, 0.15) is 11.6 Å². The average Bonchev–Trinajstić information content (AvgIpc) is 2.42. The van der Waals surface area contributed by atoms with Crippen LogP contribution in [0.5, 0.6) is 0 Å². The van der Waals surface area contributed by atoms with Gasteiger partial charge in [-0.2, -0.15) is 0 Å². The summed E-state index contributed by atoms with van der Waals surface area (Å²) in [6.07, 6.45) is 0. The van der Waals surface area contributed by atoms with Gasteiger partial charge in [-0.25, -0.2) is 8.78 Å². The van der Waals surface area contributed by atoms with Crippen molar-refractivity contribution in [1.29, 1.82) is 0 Å². The summed E-state index contributed by atoms with van der Waals surface area (Å²) in [6, 6.07) is 13.8. The highest BCUT2D eigenvalue weighted by atomic mass is 19.1. The lowest BCUT2D eigenvalue weighted by molar-refractivity contribution is 0.552. The Morgan fingerprint density at radius 1 is 1.05 bits per heavy atom. The van der Waals surface area contributed by atoms with Crippen LogP contribution in [0.2, 0.25) is 0 Å². The molecule has 1 unspecified atom stereocenters. The summed E-state index contributed by atoms with van der Waals surface area (Å²) >= 11 is 0. The molecule has 0 bridgehead atoms. The molecule has 0 aliphatic carbocycles. The minimum Gasteiger partial charge on any atom is -0.312 e. The zero-order valence-electron chi connectivity index (χ0n) is 10.9. The third-order valence-corrected chi connectivity index (χ3v) is 3.15. The van der Waals surface area contributed by atoms with Crippen LogP contribution < -0.4 is 5.32 Å². The van der Waals surface area contributed by atoms with Crippen LogP contribution in [0.3, 0.4) is 0 Å². The van der Waals surface area contributed by atoms with Crippen LogP contribution in [0.4, 0.5) is 8.78 Å². The monoisotopic (exact) mass is 261 g/mol. The Hall–Kier alpha value is -1.74. The minimum absolute atomic E-state index is 0.352. The van der Waals surface area contributed by atoms with Gasteiger partial charge in [0.15, 0.2) is 0 Å². The van der Waals surface area contributed by atoms with Crippen molar-refractivity contribution in [1.82, 2.24) is 5.32 Å². The molecule has 19 heavy (non-hydrogen) atoms. The molecule has 3 heteroatoms. The van der Waals surface area contributed by atoms with Crippen molar-refractivity contribution in [2.45, 2.75) is 19.4 Å². The van der Waals surface area contributed by atoms with Crippen LogP contribution in [0, 0.1) is 11.6 Å². The van der Waals surface area contributed by atoms with Gasteiger partial charge in [0.2, 0.25) is 0 Å². The summed E-state index contributed by atoms with van der Waals surface area (Å²) in [5, 5.41) is 3.20. The molecule has 0 saturated heterocycles. The predicted octanol–water partition coefficient (Wildman–Crippen LogP) is 3.86. The number of hydrogen-bond donors (Lipinski definition) is 1. The average molecular weight is 261 g/mol. The smallest absolute Gasteiger partial charge is 0.130 e. The van der Waals surface area contributed by atoms with E-state index < -0.39 is 11.6 Å². The number of halogens is 2. The first-order chi connectivity index (χ1) is 9.16. The van der Waals surface area contributed by atoms with Gasteiger partial charge in [0.05, 0.1) is 0 Å². The van der Waals surface area contributed by atoms with Crippen LogP contribution in [-0.2, 0) is 6.54 Å². The number of hydrogen-bond acceptors (Lipinski definition) is 1. The summed E-state index contributed by atoms with van der Waals surface area (Å²) < 4.78 is 26.2. The molecular weight excluding hydrogens is 244 g/mol. The molecule has 0 aromatic heterocycles. The van der Waals surface area contributed by atoms with Crippen LogP contribution in [0.25, 0.3) is 0 Å². The quantitative estimate of drug-likeness (QED) is 0.861. The van der Waals surface area contributed by atoms with E-state index in [-0.39, 0.29) is 0 Å². The molecule has 0 spiro atoms. The molecule has 2 aromatic rings. The first-order valence-electron chi connectivity index (χ1n) is 6.36. The molecule has 1 N–H and O–H groups in total. The topological polar surface area (TPSA) is 12.0 Å². The maximum absolute atomic E-state index is 13.4. The fraction of sp³-hybridized carbons (Fsp3) is 0.250. The van der Waals surface area contributed by atoms with Gasteiger partial charge in [-0.15, -0.1) is 0 Å². The highest BCUT2D eigenvalue weighted by Gasteiger charge is 2.06. The molecule has 0 aliphatic rings. The zero-order valence-corrected chi connectivity index (χ0v) is 10.9. The van der Waals surface area contributed by atoms with E-state index in [0.29, 0.717) is 18.0 Å². The van der Waals surface area contributed by atoms with E-state index in [0.717, 1.165) is 12.6 Å². The lowest BCUT2D eigenvalue weighted by atomic mass is 10.0. The van der Waals surface area contributed by atoms with Gasteiger partial charge in [-0.05, 0) is 17.5 Å². The van der Waals surface area contributed by atoms with Crippen LogP contribution >= 0.6 is 0 Å². The van der Waals surface area contributed by atoms with Crippen molar-refractivity contribution in [3.63, 3.8) is 0 Å². The summed E-state index contributed by atoms with van der Waals surface area (Å²) in [4.78, 5) is 0. The van der Waals surface area contributed by atoms with E-state index in [2.05, 4.69) is 24.4 Å². The number of rotatable bonds is 5. The molecule has 2 rings (SSSR count). The number of benzene rings is 2. The second-order valence-electron chi connectivity index (χ2n) is 4.68.